The maximum absolute atomic E-state index is 14.7. The number of alkyl halides is 3. The molecule has 1 atom stereocenters. The number of hydrogen-bond donors (Lipinski definition) is 2. The number of pyridine rings is 1. The third-order valence-corrected chi connectivity index (χ3v) is 6.32. The van der Waals surface area contributed by atoms with Crippen molar-refractivity contribution in [2.45, 2.75) is 25.1 Å². The Morgan fingerprint density at radius 1 is 1.11 bits per heavy atom. The molecule has 2 aromatic heterocycles. The molecule has 1 fully saturated rings. The van der Waals surface area contributed by atoms with Gasteiger partial charge in [-0.15, -0.1) is 0 Å². The van der Waals surface area contributed by atoms with Crippen molar-refractivity contribution in [2.24, 2.45) is 0 Å². The van der Waals surface area contributed by atoms with Crippen LogP contribution in [0.25, 0.3) is 10.8 Å². The molecule has 1 saturated heterocycles. The van der Waals surface area contributed by atoms with Gasteiger partial charge in [0, 0.05) is 37.1 Å². The fraction of sp³-hybridized carbons (Fsp3) is 0.231. The number of carbonyl (C=O) groups is 1. The summed E-state index contributed by atoms with van der Waals surface area (Å²) in [5.41, 5.74) is -0.0220. The summed E-state index contributed by atoms with van der Waals surface area (Å²) in [6, 6.07) is 12.7. The summed E-state index contributed by atoms with van der Waals surface area (Å²) in [7, 11) is 0. The van der Waals surface area contributed by atoms with E-state index in [2.05, 4.69) is 20.5 Å². The molecule has 1 aliphatic heterocycles. The minimum Gasteiger partial charge on any atom is -0.365 e. The van der Waals surface area contributed by atoms with Crippen LogP contribution in [0.4, 0.5) is 23.4 Å². The number of aromatic nitrogens is 3. The molecule has 2 N–H and O–H groups in total. The van der Waals surface area contributed by atoms with Gasteiger partial charge in [0.05, 0.1) is 22.2 Å². The smallest absolute Gasteiger partial charge is 0.365 e. The molecule has 37 heavy (non-hydrogen) atoms. The number of halogens is 4. The van der Waals surface area contributed by atoms with Gasteiger partial charge in [0.15, 0.2) is 0 Å². The van der Waals surface area contributed by atoms with Crippen LogP contribution < -0.4 is 10.9 Å². The number of nitrogens with zero attached hydrogens (tertiary/aromatic N) is 3. The lowest BCUT2D eigenvalue weighted by Crippen LogP contribution is -2.32. The van der Waals surface area contributed by atoms with E-state index in [1.54, 1.807) is 30.3 Å². The van der Waals surface area contributed by atoms with Crippen LogP contribution in [0.15, 0.2) is 65.6 Å². The Labute approximate surface area is 208 Å². The molecule has 0 aliphatic carbocycles. The van der Waals surface area contributed by atoms with E-state index in [1.807, 2.05) is 0 Å². The van der Waals surface area contributed by atoms with Crippen molar-refractivity contribution in [1.29, 1.82) is 0 Å². The van der Waals surface area contributed by atoms with E-state index in [1.165, 1.54) is 17.0 Å². The minimum atomic E-state index is -4.49. The van der Waals surface area contributed by atoms with Crippen LogP contribution in [0, 0.1) is 5.82 Å². The molecule has 0 bridgehead atoms. The Morgan fingerprint density at radius 3 is 2.68 bits per heavy atom. The number of anilines is 1. The number of likely N-dealkylation sites (tertiary alicyclic amines) is 1. The van der Waals surface area contributed by atoms with E-state index in [9.17, 15) is 27.2 Å². The van der Waals surface area contributed by atoms with Crippen LogP contribution in [0.1, 0.15) is 33.6 Å². The van der Waals surface area contributed by atoms with Crippen molar-refractivity contribution in [2.75, 3.05) is 18.4 Å². The first-order valence-corrected chi connectivity index (χ1v) is 11.5. The van der Waals surface area contributed by atoms with Crippen LogP contribution in [-0.4, -0.2) is 45.1 Å². The lowest BCUT2D eigenvalue weighted by Gasteiger charge is -2.18. The van der Waals surface area contributed by atoms with Crippen molar-refractivity contribution in [3.63, 3.8) is 0 Å². The molecule has 7 nitrogen and oxygen atoms in total. The summed E-state index contributed by atoms with van der Waals surface area (Å²) >= 11 is 0. The van der Waals surface area contributed by atoms with E-state index in [0.29, 0.717) is 35.0 Å². The normalized spacial score (nSPS) is 15.8. The van der Waals surface area contributed by atoms with Crippen molar-refractivity contribution in [1.82, 2.24) is 20.1 Å². The number of fused-ring (bicyclic) bond motifs is 1. The van der Waals surface area contributed by atoms with Crippen molar-refractivity contribution in [3.8, 4) is 0 Å². The quantitative estimate of drug-likeness (QED) is 0.388. The summed E-state index contributed by atoms with van der Waals surface area (Å²) < 4.78 is 53.6. The van der Waals surface area contributed by atoms with E-state index >= 15 is 0 Å². The van der Waals surface area contributed by atoms with Gasteiger partial charge in [-0.1, -0.05) is 24.3 Å². The van der Waals surface area contributed by atoms with Gasteiger partial charge >= 0.3 is 6.18 Å². The second-order valence-electron chi connectivity index (χ2n) is 8.84. The summed E-state index contributed by atoms with van der Waals surface area (Å²) in [6.45, 7) is 0.498. The zero-order chi connectivity index (χ0) is 26.2. The van der Waals surface area contributed by atoms with Crippen LogP contribution in [0.5, 0.6) is 0 Å². The third kappa shape index (κ3) is 5.16. The van der Waals surface area contributed by atoms with Gasteiger partial charge in [-0.3, -0.25) is 9.59 Å². The summed E-state index contributed by atoms with van der Waals surface area (Å²) in [4.78, 5) is 30.6. The van der Waals surface area contributed by atoms with Gasteiger partial charge in [-0.25, -0.2) is 14.5 Å². The fourth-order valence-corrected chi connectivity index (χ4v) is 4.47. The van der Waals surface area contributed by atoms with Crippen molar-refractivity contribution in [3.05, 3.63) is 99.3 Å². The number of rotatable bonds is 5. The van der Waals surface area contributed by atoms with Crippen LogP contribution >= 0.6 is 0 Å². The number of benzene rings is 2. The SMILES string of the molecule is O=C(c1cc(Cc2n[nH]c(=O)c3ccccc23)ccc1F)N1CC[C@@H](Nc2cc(C(F)(F)F)ccn2)C1. The third-order valence-electron chi connectivity index (χ3n) is 6.32. The van der Waals surface area contributed by atoms with E-state index in [0.717, 1.165) is 18.3 Å². The maximum Gasteiger partial charge on any atom is 0.416 e. The highest BCUT2D eigenvalue weighted by molar-refractivity contribution is 5.95. The topological polar surface area (TPSA) is 91.0 Å². The van der Waals surface area contributed by atoms with Gasteiger partial charge in [-0.05, 0) is 42.3 Å². The average molecular weight is 511 g/mol. The molecule has 5 rings (SSSR count). The molecular formula is C26H21F4N5O2. The molecule has 0 saturated carbocycles. The average Bonchev–Trinajstić information content (AvgIpc) is 3.34. The molecule has 190 valence electrons. The monoisotopic (exact) mass is 511 g/mol. The number of nitrogens with one attached hydrogen (secondary N) is 2. The Balaban J connectivity index is 1.31. The standard InChI is InChI=1S/C26H21F4N5O2/c27-21-6-5-15(12-22-18-3-1-2-4-19(18)24(36)34-33-22)11-20(21)25(37)35-10-8-17(14-35)32-23-13-16(7-9-31-23)26(28,29)30/h1-7,9,11,13,17H,8,10,12,14H2,(H,31,32)(H,34,36)/t17-/m1/s1. The molecular weight excluding hydrogens is 490 g/mol. The minimum absolute atomic E-state index is 0.0583. The highest BCUT2D eigenvalue weighted by Crippen LogP contribution is 2.30. The first-order valence-electron chi connectivity index (χ1n) is 11.5. The van der Waals surface area contributed by atoms with Crippen molar-refractivity contribution >= 4 is 22.5 Å². The molecule has 2 aromatic carbocycles. The highest BCUT2D eigenvalue weighted by Gasteiger charge is 2.32. The van der Waals surface area contributed by atoms with Gasteiger partial charge in [0.25, 0.3) is 11.5 Å². The summed E-state index contributed by atoms with van der Waals surface area (Å²) in [5.74, 6) is -1.13. The zero-order valence-corrected chi connectivity index (χ0v) is 19.3. The second kappa shape index (κ2) is 9.64. The Morgan fingerprint density at radius 2 is 1.89 bits per heavy atom. The first kappa shape index (κ1) is 24.4. The van der Waals surface area contributed by atoms with Crippen molar-refractivity contribution < 1.29 is 22.4 Å². The molecule has 11 heteroatoms. The predicted molar refractivity (Wildman–Crippen MR) is 129 cm³/mol. The maximum atomic E-state index is 14.7. The van der Waals surface area contributed by atoms with Gasteiger partial charge in [-0.2, -0.15) is 18.3 Å². The molecule has 4 aromatic rings. The summed E-state index contributed by atoms with van der Waals surface area (Å²) in [5, 5.41) is 10.7. The molecule has 0 unspecified atom stereocenters. The Bertz CT molecular complexity index is 1540. The zero-order valence-electron chi connectivity index (χ0n) is 19.3. The highest BCUT2D eigenvalue weighted by atomic mass is 19.4. The molecule has 1 aliphatic rings. The number of hydrogen-bond acceptors (Lipinski definition) is 5. The largest absolute Gasteiger partial charge is 0.416 e. The number of aromatic amines is 1. The van der Waals surface area contributed by atoms with E-state index < -0.39 is 23.5 Å². The molecule has 0 radical (unpaired) electrons. The number of carbonyl (C=O) groups excluding carboxylic acids is 1. The van der Waals surface area contributed by atoms with E-state index in [-0.39, 0.29) is 35.9 Å². The molecule has 1 amide bonds. The Kier molecular flexibility index (Phi) is 6.36. The Hall–Kier alpha value is -4.28. The predicted octanol–water partition coefficient (Wildman–Crippen LogP) is 4.39. The molecule has 0 spiro atoms. The van der Waals surface area contributed by atoms with Gasteiger partial charge in [0.2, 0.25) is 0 Å². The van der Waals surface area contributed by atoms with Gasteiger partial charge < -0.3 is 10.2 Å². The number of amides is 1. The van der Waals surface area contributed by atoms with Crippen LogP contribution in [0.2, 0.25) is 0 Å². The number of H-pyrrole nitrogens is 1. The first-order chi connectivity index (χ1) is 17.7. The summed E-state index contributed by atoms with van der Waals surface area (Å²) in [6.07, 6.45) is -2.68. The van der Waals surface area contributed by atoms with Gasteiger partial charge in [0.1, 0.15) is 11.6 Å². The lowest BCUT2D eigenvalue weighted by atomic mass is 10.0. The van der Waals surface area contributed by atoms with Crippen LogP contribution in [-0.2, 0) is 12.6 Å². The second-order valence-corrected chi connectivity index (χ2v) is 8.84. The van der Waals surface area contributed by atoms with Crippen LogP contribution in [0.3, 0.4) is 0 Å². The van der Waals surface area contributed by atoms with E-state index in [4.69, 9.17) is 0 Å². The lowest BCUT2D eigenvalue weighted by molar-refractivity contribution is -0.137. The molecule has 3 heterocycles. The fourth-order valence-electron chi connectivity index (χ4n) is 4.47.